The number of hydrogen-bond acceptors (Lipinski definition) is 1. The molecule has 0 radical (unpaired) electrons. The van der Waals surface area contributed by atoms with Crippen LogP contribution in [0.3, 0.4) is 0 Å². The summed E-state index contributed by atoms with van der Waals surface area (Å²) >= 11 is 0. The second kappa shape index (κ2) is 5.04. The van der Waals surface area contributed by atoms with Crippen LogP contribution in [0.1, 0.15) is 13.3 Å². The van der Waals surface area contributed by atoms with Gasteiger partial charge in [-0.05, 0) is 24.4 Å². The lowest BCUT2D eigenvalue weighted by Gasteiger charge is -2.14. The zero-order valence-corrected chi connectivity index (χ0v) is 10.4. The van der Waals surface area contributed by atoms with E-state index in [0.717, 1.165) is 13.1 Å². The van der Waals surface area contributed by atoms with E-state index in [2.05, 4.69) is 22.8 Å². The zero-order valence-electron chi connectivity index (χ0n) is 10.4. The first-order valence-electron chi connectivity index (χ1n) is 6.00. The Balaban J connectivity index is 2.07. The van der Waals surface area contributed by atoms with Crippen molar-refractivity contribution in [1.82, 2.24) is 9.47 Å². The van der Waals surface area contributed by atoms with Crippen LogP contribution in [0.25, 0.3) is 10.9 Å². The van der Waals surface area contributed by atoms with Gasteiger partial charge in [0.05, 0.1) is 0 Å². The Bertz CT molecular complexity index is 516. The molecule has 1 aromatic carbocycles. The Hall–Kier alpha value is -1.77. The van der Waals surface area contributed by atoms with E-state index in [1.807, 2.05) is 32.3 Å². The van der Waals surface area contributed by atoms with E-state index in [0.29, 0.717) is 6.42 Å². The van der Waals surface area contributed by atoms with Gasteiger partial charge in [-0.25, -0.2) is 0 Å². The van der Waals surface area contributed by atoms with Gasteiger partial charge in [-0.3, -0.25) is 4.79 Å². The molecule has 0 fully saturated rings. The number of rotatable bonds is 4. The van der Waals surface area contributed by atoms with Crippen LogP contribution in [0.2, 0.25) is 0 Å². The Morgan fingerprint density at radius 2 is 2.06 bits per heavy atom. The first-order valence-corrected chi connectivity index (χ1v) is 6.00. The van der Waals surface area contributed by atoms with Gasteiger partial charge in [0.1, 0.15) is 0 Å². The van der Waals surface area contributed by atoms with Crippen molar-refractivity contribution in [2.75, 3.05) is 13.6 Å². The van der Waals surface area contributed by atoms with Gasteiger partial charge < -0.3 is 9.47 Å². The van der Waals surface area contributed by atoms with Crippen molar-refractivity contribution >= 4 is 16.8 Å². The lowest BCUT2D eigenvalue weighted by atomic mass is 10.2. The second-order valence-corrected chi connectivity index (χ2v) is 4.23. The molecule has 17 heavy (non-hydrogen) atoms. The number of benzene rings is 1. The highest BCUT2D eigenvalue weighted by Gasteiger charge is 2.07. The molecule has 0 aliphatic rings. The molecule has 3 heteroatoms. The number of para-hydroxylation sites is 1. The highest BCUT2D eigenvalue weighted by Crippen LogP contribution is 2.15. The number of fused-ring (bicyclic) bond motifs is 1. The number of carbonyl (C=O) groups is 1. The number of aryl methyl sites for hydroxylation is 1. The maximum absolute atomic E-state index is 11.7. The van der Waals surface area contributed by atoms with Gasteiger partial charge >= 0.3 is 0 Å². The molecule has 1 heterocycles. The zero-order chi connectivity index (χ0) is 12.3. The molecule has 1 aromatic heterocycles. The quantitative estimate of drug-likeness (QED) is 0.792. The summed E-state index contributed by atoms with van der Waals surface area (Å²) in [6, 6.07) is 10.3. The Morgan fingerprint density at radius 1 is 1.29 bits per heavy atom. The summed E-state index contributed by atoms with van der Waals surface area (Å²) in [4.78, 5) is 13.5. The van der Waals surface area contributed by atoms with Crippen LogP contribution < -0.4 is 0 Å². The molecule has 0 aliphatic heterocycles. The predicted molar refractivity (Wildman–Crippen MR) is 69.9 cm³/mol. The summed E-state index contributed by atoms with van der Waals surface area (Å²) in [7, 11) is 1.84. The molecule has 0 atom stereocenters. The Morgan fingerprint density at radius 3 is 2.82 bits per heavy atom. The Kier molecular flexibility index (Phi) is 3.47. The van der Waals surface area contributed by atoms with E-state index in [1.54, 1.807) is 4.90 Å². The van der Waals surface area contributed by atoms with Crippen molar-refractivity contribution in [2.24, 2.45) is 0 Å². The summed E-state index contributed by atoms with van der Waals surface area (Å²) in [5.74, 6) is 0.199. The lowest BCUT2D eigenvalue weighted by Crippen LogP contribution is -2.26. The molecule has 0 N–H and O–H groups in total. The van der Waals surface area contributed by atoms with Crippen molar-refractivity contribution in [2.45, 2.75) is 19.9 Å². The van der Waals surface area contributed by atoms with Gasteiger partial charge in [-0.1, -0.05) is 18.2 Å². The third-order valence-corrected chi connectivity index (χ3v) is 3.15. The molecule has 1 amide bonds. The Labute approximate surface area is 102 Å². The van der Waals surface area contributed by atoms with Crippen LogP contribution in [0.5, 0.6) is 0 Å². The van der Waals surface area contributed by atoms with Crippen molar-refractivity contribution in [1.29, 1.82) is 0 Å². The molecule has 0 saturated carbocycles. The summed E-state index contributed by atoms with van der Waals surface area (Å²) < 4.78 is 2.14. The number of aromatic nitrogens is 1. The fraction of sp³-hybridized carbons (Fsp3) is 0.357. The first kappa shape index (κ1) is 11.7. The molecule has 90 valence electrons. The third-order valence-electron chi connectivity index (χ3n) is 3.15. The van der Waals surface area contributed by atoms with Gasteiger partial charge in [0.2, 0.25) is 5.91 Å². The van der Waals surface area contributed by atoms with Gasteiger partial charge in [-0.15, -0.1) is 0 Å². The smallest absolute Gasteiger partial charge is 0.224 e. The fourth-order valence-corrected chi connectivity index (χ4v) is 1.92. The minimum atomic E-state index is 0.199. The highest BCUT2D eigenvalue weighted by atomic mass is 16.2. The lowest BCUT2D eigenvalue weighted by molar-refractivity contribution is -0.129. The molecule has 0 spiro atoms. The maximum Gasteiger partial charge on any atom is 0.224 e. The number of carbonyl (C=O) groups excluding carboxylic acids is 1. The second-order valence-electron chi connectivity index (χ2n) is 4.23. The van der Waals surface area contributed by atoms with Crippen LogP contribution in [0, 0.1) is 0 Å². The number of hydrogen-bond donors (Lipinski definition) is 0. The largest absolute Gasteiger partial charge is 0.347 e. The number of amides is 1. The fourth-order valence-electron chi connectivity index (χ4n) is 1.92. The van der Waals surface area contributed by atoms with E-state index in [-0.39, 0.29) is 5.91 Å². The number of nitrogens with zero attached hydrogens (tertiary/aromatic N) is 2. The molecule has 0 saturated heterocycles. The molecule has 2 aromatic rings. The average molecular weight is 230 g/mol. The highest BCUT2D eigenvalue weighted by molar-refractivity contribution is 5.80. The molecule has 0 unspecified atom stereocenters. The van der Waals surface area contributed by atoms with Gasteiger partial charge in [0.25, 0.3) is 0 Å². The van der Waals surface area contributed by atoms with E-state index >= 15 is 0 Å². The van der Waals surface area contributed by atoms with E-state index < -0.39 is 0 Å². The van der Waals surface area contributed by atoms with Crippen molar-refractivity contribution < 1.29 is 4.79 Å². The minimum absolute atomic E-state index is 0.199. The molecule has 3 nitrogen and oxygen atoms in total. The molecular weight excluding hydrogens is 212 g/mol. The topological polar surface area (TPSA) is 25.2 Å². The summed E-state index contributed by atoms with van der Waals surface area (Å²) in [6.07, 6.45) is 2.60. The van der Waals surface area contributed by atoms with Gasteiger partial charge in [0, 0.05) is 38.3 Å². The summed E-state index contributed by atoms with van der Waals surface area (Å²) in [6.45, 7) is 3.50. The van der Waals surface area contributed by atoms with E-state index in [4.69, 9.17) is 0 Å². The van der Waals surface area contributed by atoms with Gasteiger partial charge in [-0.2, -0.15) is 0 Å². The summed E-state index contributed by atoms with van der Waals surface area (Å²) in [5, 5.41) is 1.23. The van der Waals surface area contributed by atoms with Crippen molar-refractivity contribution in [3.8, 4) is 0 Å². The standard InChI is InChI=1S/C14H18N2O/c1-3-15(2)14(17)9-11-16-10-8-12-6-4-5-7-13(12)16/h4-8,10H,3,9,11H2,1-2H3. The van der Waals surface area contributed by atoms with E-state index in [1.165, 1.54) is 10.9 Å². The molecule has 0 aliphatic carbocycles. The SMILES string of the molecule is CCN(C)C(=O)CCn1ccc2ccccc21. The van der Waals surface area contributed by atoms with Crippen molar-refractivity contribution in [3.05, 3.63) is 36.5 Å². The molecule has 0 bridgehead atoms. The molecule has 2 rings (SSSR count). The summed E-state index contributed by atoms with van der Waals surface area (Å²) in [5.41, 5.74) is 1.19. The van der Waals surface area contributed by atoms with E-state index in [9.17, 15) is 4.79 Å². The monoisotopic (exact) mass is 230 g/mol. The van der Waals surface area contributed by atoms with Crippen molar-refractivity contribution in [3.63, 3.8) is 0 Å². The minimum Gasteiger partial charge on any atom is -0.347 e. The van der Waals surface area contributed by atoms with Gasteiger partial charge in [0.15, 0.2) is 0 Å². The maximum atomic E-state index is 11.7. The van der Waals surface area contributed by atoms with Crippen LogP contribution in [-0.4, -0.2) is 29.0 Å². The third kappa shape index (κ3) is 2.49. The van der Waals surface area contributed by atoms with Crippen LogP contribution in [0.4, 0.5) is 0 Å². The first-order chi connectivity index (χ1) is 8.22. The van der Waals surface area contributed by atoms with Crippen LogP contribution in [0.15, 0.2) is 36.5 Å². The average Bonchev–Trinajstić information content (AvgIpc) is 2.78. The normalized spacial score (nSPS) is 10.7. The van der Waals surface area contributed by atoms with Crippen LogP contribution >= 0.6 is 0 Å². The van der Waals surface area contributed by atoms with Crippen LogP contribution in [-0.2, 0) is 11.3 Å². The molecular formula is C14H18N2O. The predicted octanol–water partition coefficient (Wildman–Crippen LogP) is 2.51.